The van der Waals surface area contributed by atoms with Gasteiger partial charge in [-0.25, -0.2) is 0 Å². The number of ketones is 3. The molecular weight excluding hydrogens is 313 g/mol. The predicted molar refractivity (Wildman–Crippen MR) is 82.5 cm³/mol. The summed E-state index contributed by atoms with van der Waals surface area (Å²) < 4.78 is 0. The molecule has 6 heteroatoms. The minimum atomic E-state index is -1.22. The maximum atomic E-state index is 12.5. The van der Waals surface area contributed by atoms with Crippen LogP contribution in [0.25, 0.3) is 0 Å². The van der Waals surface area contributed by atoms with Gasteiger partial charge in [-0.15, -0.1) is 0 Å². The molecule has 0 saturated heterocycles. The number of nitrogens with zero attached hydrogens (tertiary/aromatic N) is 1. The van der Waals surface area contributed by atoms with Crippen LogP contribution in [0, 0.1) is 5.92 Å². The van der Waals surface area contributed by atoms with E-state index in [1.807, 2.05) is 0 Å². The second-order valence-corrected chi connectivity index (χ2v) is 6.02. The fraction of sp³-hybridized carbons (Fsp3) is 0.400. The molecule has 1 aliphatic carbocycles. The Hall–Kier alpha value is -1.39. The standard InChI is InChI=1S/C15H15Cl2NO3/c1-18(2)14-9(16)7-6-8(13(14)17)15(21)12-10(19)4-3-5-11(12)20/h6-7,12H,3-5H2,1-2H3. The Labute approximate surface area is 133 Å². The third-order valence-electron chi connectivity index (χ3n) is 3.53. The molecular formula is C15H15Cl2NO3. The number of rotatable bonds is 3. The molecule has 4 nitrogen and oxygen atoms in total. The van der Waals surface area contributed by atoms with Gasteiger partial charge in [0.2, 0.25) is 0 Å². The molecule has 1 aliphatic rings. The number of hydrogen-bond acceptors (Lipinski definition) is 4. The van der Waals surface area contributed by atoms with E-state index < -0.39 is 11.7 Å². The lowest BCUT2D eigenvalue weighted by Gasteiger charge is -2.21. The molecule has 0 aromatic heterocycles. The summed E-state index contributed by atoms with van der Waals surface area (Å²) in [6.45, 7) is 0. The van der Waals surface area contributed by atoms with Crippen LogP contribution >= 0.6 is 23.2 Å². The van der Waals surface area contributed by atoms with Gasteiger partial charge >= 0.3 is 0 Å². The number of Topliss-reactive ketones (excluding diaryl/α,β-unsaturated/α-hetero) is 3. The molecule has 0 spiro atoms. The van der Waals surface area contributed by atoms with Gasteiger partial charge in [-0.05, 0) is 18.6 Å². The Kier molecular flexibility index (Phi) is 4.69. The maximum absolute atomic E-state index is 12.5. The van der Waals surface area contributed by atoms with Gasteiger partial charge in [-0.3, -0.25) is 14.4 Å². The molecule has 0 amide bonds. The predicted octanol–water partition coefficient (Wildman–Crippen LogP) is 3.18. The number of carbonyl (C=O) groups is 3. The first-order chi connectivity index (χ1) is 9.84. The van der Waals surface area contributed by atoms with E-state index in [4.69, 9.17) is 23.2 Å². The smallest absolute Gasteiger partial charge is 0.182 e. The normalized spacial score (nSPS) is 16.2. The van der Waals surface area contributed by atoms with E-state index in [1.54, 1.807) is 25.1 Å². The lowest BCUT2D eigenvalue weighted by Crippen LogP contribution is -2.35. The molecule has 0 aliphatic heterocycles. The minimum absolute atomic E-state index is 0.165. The topological polar surface area (TPSA) is 54.5 Å². The van der Waals surface area contributed by atoms with Crippen LogP contribution in [-0.4, -0.2) is 31.4 Å². The highest BCUT2D eigenvalue weighted by Gasteiger charge is 2.37. The van der Waals surface area contributed by atoms with Gasteiger partial charge in [-0.1, -0.05) is 23.2 Å². The van der Waals surface area contributed by atoms with E-state index >= 15 is 0 Å². The average molecular weight is 328 g/mol. The number of anilines is 1. The van der Waals surface area contributed by atoms with Crippen molar-refractivity contribution in [1.82, 2.24) is 0 Å². The number of carbonyl (C=O) groups excluding carboxylic acids is 3. The van der Waals surface area contributed by atoms with Gasteiger partial charge in [0.15, 0.2) is 17.3 Å². The van der Waals surface area contributed by atoms with Crippen LogP contribution in [-0.2, 0) is 9.59 Å². The summed E-state index contributed by atoms with van der Waals surface area (Å²) in [5, 5.41) is 0.575. The molecule has 1 aromatic rings. The molecule has 0 bridgehead atoms. The molecule has 0 N–H and O–H groups in total. The fourth-order valence-electron chi connectivity index (χ4n) is 2.49. The molecule has 112 valence electrons. The van der Waals surface area contributed by atoms with Crippen LogP contribution in [0.3, 0.4) is 0 Å². The van der Waals surface area contributed by atoms with E-state index in [9.17, 15) is 14.4 Å². The summed E-state index contributed by atoms with van der Waals surface area (Å²) in [5.74, 6) is -2.40. The van der Waals surface area contributed by atoms with Crippen molar-refractivity contribution in [2.45, 2.75) is 19.3 Å². The molecule has 1 aromatic carbocycles. The van der Waals surface area contributed by atoms with Crippen molar-refractivity contribution in [2.24, 2.45) is 5.92 Å². The van der Waals surface area contributed by atoms with Crippen molar-refractivity contribution in [3.05, 3.63) is 27.7 Å². The number of benzene rings is 1. The first kappa shape index (κ1) is 16.0. The second kappa shape index (κ2) is 6.16. The summed E-state index contributed by atoms with van der Waals surface area (Å²) in [5.41, 5.74) is 0.665. The van der Waals surface area contributed by atoms with Gasteiger partial charge in [-0.2, -0.15) is 0 Å². The zero-order chi connectivity index (χ0) is 15.7. The van der Waals surface area contributed by atoms with Crippen LogP contribution in [0.1, 0.15) is 29.6 Å². The Morgan fingerprint density at radius 2 is 1.71 bits per heavy atom. The second-order valence-electron chi connectivity index (χ2n) is 5.24. The quantitative estimate of drug-likeness (QED) is 0.632. The summed E-state index contributed by atoms with van der Waals surface area (Å²) in [4.78, 5) is 38.0. The van der Waals surface area contributed by atoms with Crippen molar-refractivity contribution < 1.29 is 14.4 Å². The average Bonchev–Trinajstić information content (AvgIpc) is 2.37. The number of halogens is 2. The van der Waals surface area contributed by atoms with E-state index in [1.165, 1.54) is 6.07 Å². The van der Waals surface area contributed by atoms with Crippen LogP contribution in [0.4, 0.5) is 5.69 Å². The SMILES string of the molecule is CN(C)c1c(Cl)ccc(C(=O)C2C(=O)CCCC2=O)c1Cl. The van der Waals surface area contributed by atoms with Gasteiger partial charge in [0, 0.05) is 32.5 Å². The largest absolute Gasteiger partial charge is 0.375 e. The fourth-order valence-corrected chi connectivity index (χ4v) is 3.30. The van der Waals surface area contributed by atoms with Crippen LogP contribution in [0.15, 0.2) is 12.1 Å². The van der Waals surface area contributed by atoms with E-state index in [-0.39, 0.29) is 35.0 Å². The Morgan fingerprint density at radius 3 is 2.24 bits per heavy atom. The first-order valence-corrected chi connectivity index (χ1v) is 7.35. The number of hydrogen-bond donors (Lipinski definition) is 0. The molecule has 2 rings (SSSR count). The highest BCUT2D eigenvalue weighted by Crippen LogP contribution is 2.36. The molecule has 0 unspecified atom stereocenters. The lowest BCUT2D eigenvalue weighted by atomic mass is 9.81. The lowest BCUT2D eigenvalue weighted by molar-refractivity contribution is -0.133. The Bertz CT molecular complexity index is 610. The highest BCUT2D eigenvalue weighted by molar-refractivity contribution is 6.42. The summed E-state index contributed by atoms with van der Waals surface area (Å²) in [7, 11) is 3.50. The zero-order valence-electron chi connectivity index (χ0n) is 11.8. The van der Waals surface area contributed by atoms with Crippen LogP contribution in [0.2, 0.25) is 10.0 Å². The zero-order valence-corrected chi connectivity index (χ0v) is 13.3. The van der Waals surface area contributed by atoms with Gasteiger partial charge < -0.3 is 4.90 Å². The first-order valence-electron chi connectivity index (χ1n) is 6.59. The molecule has 0 heterocycles. The van der Waals surface area contributed by atoms with Crippen molar-refractivity contribution in [1.29, 1.82) is 0 Å². The maximum Gasteiger partial charge on any atom is 0.182 e. The Balaban J connectivity index is 2.47. The van der Waals surface area contributed by atoms with E-state index in [0.29, 0.717) is 17.1 Å². The van der Waals surface area contributed by atoms with Gasteiger partial charge in [0.25, 0.3) is 0 Å². The molecule has 0 atom stereocenters. The molecule has 0 radical (unpaired) electrons. The molecule has 21 heavy (non-hydrogen) atoms. The molecule has 1 fully saturated rings. The molecule has 1 saturated carbocycles. The minimum Gasteiger partial charge on any atom is -0.375 e. The van der Waals surface area contributed by atoms with Crippen molar-refractivity contribution in [2.75, 3.05) is 19.0 Å². The van der Waals surface area contributed by atoms with E-state index in [0.717, 1.165) is 0 Å². The van der Waals surface area contributed by atoms with E-state index in [2.05, 4.69) is 0 Å². The summed E-state index contributed by atoms with van der Waals surface area (Å²) >= 11 is 12.3. The third-order valence-corrected chi connectivity index (χ3v) is 4.22. The van der Waals surface area contributed by atoms with Crippen molar-refractivity contribution >= 4 is 46.2 Å². The highest BCUT2D eigenvalue weighted by atomic mass is 35.5. The van der Waals surface area contributed by atoms with Gasteiger partial charge in [0.05, 0.1) is 15.7 Å². The Morgan fingerprint density at radius 1 is 1.14 bits per heavy atom. The van der Waals surface area contributed by atoms with Crippen LogP contribution in [0.5, 0.6) is 0 Å². The summed E-state index contributed by atoms with van der Waals surface area (Å²) in [6, 6.07) is 3.02. The van der Waals surface area contributed by atoms with Crippen molar-refractivity contribution in [3.63, 3.8) is 0 Å². The third kappa shape index (κ3) is 2.97. The van der Waals surface area contributed by atoms with Crippen molar-refractivity contribution in [3.8, 4) is 0 Å². The summed E-state index contributed by atoms with van der Waals surface area (Å²) in [6.07, 6.45) is 1.03. The van der Waals surface area contributed by atoms with Crippen LogP contribution < -0.4 is 4.90 Å². The van der Waals surface area contributed by atoms with Gasteiger partial charge in [0.1, 0.15) is 5.92 Å². The monoisotopic (exact) mass is 327 g/mol.